The van der Waals surface area contributed by atoms with Crippen LogP contribution < -0.4 is 5.32 Å². The van der Waals surface area contributed by atoms with E-state index in [4.69, 9.17) is 0 Å². The van der Waals surface area contributed by atoms with Gasteiger partial charge in [-0.2, -0.15) is 4.39 Å². The number of nitrogens with zero attached hydrogens (tertiary/aromatic N) is 3. The summed E-state index contributed by atoms with van der Waals surface area (Å²) in [5.74, 6) is -3.80. The summed E-state index contributed by atoms with van der Waals surface area (Å²) in [6.07, 6.45) is 2.68. The number of hydrogen-bond donors (Lipinski definition) is 1. The summed E-state index contributed by atoms with van der Waals surface area (Å²) < 4.78 is 27.3. The van der Waals surface area contributed by atoms with Crippen molar-refractivity contribution in [3.05, 3.63) is 63.7 Å². The number of benzene rings is 1. The van der Waals surface area contributed by atoms with E-state index >= 15 is 0 Å². The van der Waals surface area contributed by atoms with Gasteiger partial charge in [0.05, 0.1) is 17.2 Å². The van der Waals surface area contributed by atoms with Crippen LogP contribution in [0.2, 0.25) is 0 Å². The van der Waals surface area contributed by atoms with E-state index in [1.165, 1.54) is 18.6 Å². The summed E-state index contributed by atoms with van der Waals surface area (Å²) in [5.41, 5.74) is -1.55. The maximum Gasteiger partial charge on any atom is 0.305 e. The highest BCUT2D eigenvalue weighted by Gasteiger charge is 2.25. The van der Waals surface area contributed by atoms with Gasteiger partial charge >= 0.3 is 5.69 Å². The summed E-state index contributed by atoms with van der Waals surface area (Å²) in [7, 11) is 0. The average molecular weight is 294 g/mol. The predicted octanol–water partition coefficient (Wildman–Crippen LogP) is 1.59. The molecule has 0 bridgehead atoms. The summed E-state index contributed by atoms with van der Waals surface area (Å²) in [6, 6.07) is 2.83. The number of rotatable bonds is 4. The van der Waals surface area contributed by atoms with Crippen LogP contribution in [0, 0.1) is 21.7 Å². The predicted molar refractivity (Wildman–Crippen MR) is 66.2 cm³/mol. The highest BCUT2D eigenvalue weighted by molar-refractivity contribution is 5.95. The molecule has 2 rings (SSSR count). The number of halogens is 2. The molecule has 9 heteroatoms. The van der Waals surface area contributed by atoms with Crippen LogP contribution in [0.25, 0.3) is 0 Å². The van der Waals surface area contributed by atoms with Crippen LogP contribution >= 0.6 is 0 Å². The van der Waals surface area contributed by atoms with Crippen molar-refractivity contribution >= 4 is 11.6 Å². The number of amides is 1. The topological polar surface area (TPSA) is 98.0 Å². The molecular weight excluding hydrogens is 286 g/mol. The summed E-state index contributed by atoms with van der Waals surface area (Å²) in [6.45, 7) is -0.0943. The fraction of sp³-hybridized carbons (Fsp3) is 0.0833. The van der Waals surface area contributed by atoms with Gasteiger partial charge in [-0.1, -0.05) is 0 Å². The molecule has 0 spiro atoms. The van der Waals surface area contributed by atoms with Crippen LogP contribution in [0.1, 0.15) is 16.1 Å². The Morgan fingerprint density at radius 2 is 2.10 bits per heavy atom. The zero-order valence-corrected chi connectivity index (χ0v) is 10.4. The van der Waals surface area contributed by atoms with Crippen molar-refractivity contribution < 1.29 is 18.5 Å². The Morgan fingerprint density at radius 3 is 2.71 bits per heavy atom. The van der Waals surface area contributed by atoms with Gasteiger partial charge in [0.25, 0.3) is 5.91 Å². The summed E-state index contributed by atoms with van der Waals surface area (Å²) in [5, 5.41) is 12.8. The highest BCUT2D eigenvalue weighted by Crippen LogP contribution is 2.22. The molecule has 0 saturated carbocycles. The molecule has 1 aromatic heterocycles. The van der Waals surface area contributed by atoms with Crippen LogP contribution in [0.3, 0.4) is 0 Å². The van der Waals surface area contributed by atoms with E-state index < -0.39 is 33.7 Å². The molecule has 1 aromatic carbocycles. The van der Waals surface area contributed by atoms with Crippen molar-refractivity contribution in [1.29, 1.82) is 0 Å². The lowest BCUT2D eigenvalue weighted by molar-refractivity contribution is -0.387. The Balaban J connectivity index is 2.23. The molecule has 0 saturated heterocycles. The number of nitro benzene ring substituents is 1. The molecule has 1 N–H and O–H groups in total. The van der Waals surface area contributed by atoms with Gasteiger partial charge in [0.2, 0.25) is 5.82 Å². The van der Waals surface area contributed by atoms with Gasteiger partial charge in [-0.3, -0.25) is 14.9 Å². The first kappa shape index (κ1) is 14.4. The molecule has 2 aromatic rings. The van der Waals surface area contributed by atoms with Crippen LogP contribution in [-0.2, 0) is 6.54 Å². The minimum atomic E-state index is -1.51. The molecule has 108 valence electrons. The normalized spacial score (nSPS) is 10.2. The van der Waals surface area contributed by atoms with Crippen molar-refractivity contribution in [1.82, 2.24) is 15.3 Å². The van der Waals surface area contributed by atoms with Gasteiger partial charge < -0.3 is 5.32 Å². The third-order valence-corrected chi connectivity index (χ3v) is 2.57. The smallest absolute Gasteiger partial charge is 0.305 e. The Labute approximate surface area is 116 Å². The number of aromatic nitrogens is 2. The molecule has 21 heavy (non-hydrogen) atoms. The van der Waals surface area contributed by atoms with E-state index in [2.05, 4.69) is 15.3 Å². The second kappa shape index (κ2) is 5.99. The molecule has 7 nitrogen and oxygen atoms in total. The summed E-state index contributed by atoms with van der Waals surface area (Å²) >= 11 is 0. The Morgan fingerprint density at radius 1 is 1.33 bits per heavy atom. The van der Waals surface area contributed by atoms with Crippen LogP contribution in [0.4, 0.5) is 14.5 Å². The lowest BCUT2D eigenvalue weighted by Gasteiger charge is -2.06. The van der Waals surface area contributed by atoms with Gasteiger partial charge in [-0.15, -0.1) is 0 Å². The monoisotopic (exact) mass is 294 g/mol. The molecule has 0 aliphatic carbocycles. The minimum Gasteiger partial charge on any atom is -0.346 e. The fourth-order valence-corrected chi connectivity index (χ4v) is 1.57. The SMILES string of the molecule is O=C(NCc1ccncn1)c1c(F)ccc([N+](=O)[O-])c1F. The van der Waals surface area contributed by atoms with Crippen molar-refractivity contribution in [2.24, 2.45) is 0 Å². The van der Waals surface area contributed by atoms with Crippen molar-refractivity contribution in [3.63, 3.8) is 0 Å². The Hall–Kier alpha value is -2.97. The zero-order chi connectivity index (χ0) is 15.4. The van der Waals surface area contributed by atoms with E-state index in [1.807, 2.05) is 0 Å². The zero-order valence-electron chi connectivity index (χ0n) is 10.4. The average Bonchev–Trinajstić information content (AvgIpc) is 2.46. The molecule has 0 fully saturated rings. The molecule has 1 amide bonds. The first-order valence-corrected chi connectivity index (χ1v) is 5.66. The molecule has 0 radical (unpaired) electrons. The van der Waals surface area contributed by atoms with E-state index in [9.17, 15) is 23.7 Å². The molecule has 0 atom stereocenters. The van der Waals surface area contributed by atoms with Crippen molar-refractivity contribution in [3.8, 4) is 0 Å². The van der Waals surface area contributed by atoms with Gasteiger partial charge in [-0.25, -0.2) is 14.4 Å². The summed E-state index contributed by atoms with van der Waals surface area (Å²) in [4.78, 5) is 28.8. The van der Waals surface area contributed by atoms with Crippen LogP contribution in [0.15, 0.2) is 30.7 Å². The lowest BCUT2D eigenvalue weighted by Crippen LogP contribution is -2.25. The largest absolute Gasteiger partial charge is 0.346 e. The second-order valence-corrected chi connectivity index (χ2v) is 3.90. The highest BCUT2D eigenvalue weighted by atomic mass is 19.1. The number of hydrogen-bond acceptors (Lipinski definition) is 5. The molecule has 0 unspecified atom stereocenters. The van der Waals surface area contributed by atoms with E-state index in [1.54, 1.807) is 0 Å². The molecule has 1 heterocycles. The third kappa shape index (κ3) is 3.14. The van der Waals surface area contributed by atoms with Gasteiger partial charge in [0.1, 0.15) is 17.7 Å². The van der Waals surface area contributed by atoms with E-state index in [-0.39, 0.29) is 6.54 Å². The first-order chi connectivity index (χ1) is 10.0. The number of nitro groups is 1. The first-order valence-electron chi connectivity index (χ1n) is 5.66. The Kier molecular flexibility index (Phi) is 4.12. The van der Waals surface area contributed by atoms with Crippen molar-refractivity contribution in [2.75, 3.05) is 0 Å². The lowest BCUT2D eigenvalue weighted by atomic mass is 10.1. The molecule has 0 aliphatic rings. The fourth-order valence-electron chi connectivity index (χ4n) is 1.57. The quantitative estimate of drug-likeness (QED) is 0.682. The standard InChI is InChI=1S/C12H8F2N4O3/c13-8-1-2-9(18(20)21)11(14)10(8)12(19)16-5-7-3-4-15-6-17-7/h1-4,6H,5H2,(H,16,19). The molecule has 0 aliphatic heterocycles. The number of carbonyl (C=O) groups is 1. The third-order valence-electron chi connectivity index (χ3n) is 2.57. The molecular formula is C12H8F2N4O3. The number of nitrogens with one attached hydrogen (secondary N) is 1. The van der Waals surface area contributed by atoms with Gasteiger partial charge in [0.15, 0.2) is 0 Å². The van der Waals surface area contributed by atoms with Gasteiger partial charge in [-0.05, 0) is 12.1 Å². The minimum absolute atomic E-state index is 0.0943. The number of carbonyl (C=O) groups excluding carboxylic acids is 1. The van der Waals surface area contributed by atoms with E-state index in [0.29, 0.717) is 17.8 Å². The maximum absolute atomic E-state index is 13.8. The van der Waals surface area contributed by atoms with Crippen LogP contribution in [0.5, 0.6) is 0 Å². The van der Waals surface area contributed by atoms with E-state index in [0.717, 1.165) is 0 Å². The van der Waals surface area contributed by atoms with Crippen LogP contribution in [-0.4, -0.2) is 20.8 Å². The van der Waals surface area contributed by atoms with Crippen molar-refractivity contribution in [2.45, 2.75) is 6.54 Å². The Bertz CT molecular complexity index is 694. The van der Waals surface area contributed by atoms with Gasteiger partial charge in [0, 0.05) is 12.3 Å². The second-order valence-electron chi connectivity index (χ2n) is 3.90. The maximum atomic E-state index is 13.8.